The van der Waals surface area contributed by atoms with Crippen LogP contribution in [0.4, 0.5) is 13.2 Å². The fraction of sp³-hybridized carbons (Fsp3) is 0.368. The highest BCUT2D eigenvalue weighted by Crippen LogP contribution is 2.29. The summed E-state index contributed by atoms with van der Waals surface area (Å²) < 4.78 is 57.3. The smallest absolute Gasteiger partial charge is 0.392 e. The van der Waals surface area contributed by atoms with E-state index in [-0.39, 0.29) is 40.4 Å². The van der Waals surface area contributed by atoms with Gasteiger partial charge < -0.3 is 23.8 Å². The Labute approximate surface area is 175 Å². The highest BCUT2D eigenvalue weighted by molar-refractivity contribution is 6.09. The summed E-state index contributed by atoms with van der Waals surface area (Å²) in [5.41, 5.74) is 0.319. The molecule has 0 spiro atoms. The van der Waals surface area contributed by atoms with E-state index in [2.05, 4.69) is 15.1 Å². The normalized spacial score (nSPS) is 11.6. The molecule has 1 aromatic heterocycles. The van der Waals surface area contributed by atoms with Crippen LogP contribution in [0.3, 0.4) is 0 Å². The van der Waals surface area contributed by atoms with Gasteiger partial charge in [0.2, 0.25) is 11.8 Å². The molecule has 168 valence electrons. The van der Waals surface area contributed by atoms with Crippen LogP contribution >= 0.6 is 0 Å². The fourth-order valence-electron chi connectivity index (χ4n) is 2.32. The fourth-order valence-corrected chi connectivity index (χ4v) is 2.32. The number of nitrogens with zero attached hydrogens (tertiary/aromatic N) is 3. The molecule has 0 unspecified atom stereocenters. The minimum Gasteiger partial charge on any atom is -0.481 e. The number of esters is 1. The Morgan fingerprint density at radius 1 is 1.10 bits per heavy atom. The molecule has 0 aliphatic carbocycles. The molecule has 0 aliphatic heterocycles. The number of alkyl halides is 3. The third-order valence-electron chi connectivity index (χ3n) is 3.76. The van der Waals surface area contributed by atoms with Crippen molar-refractivity contribution in [3.05, 3.63) is 35.4 Å². The Bertz CT molecular complexity index is 928. The first-order valence-electron chi connectivity index (χ1n) is 8.78. The topological polar surface area (TPSA) is 101 Å². The van der Waals surface area contributed by atoms with Gasteiger partial charge in [0.15, 0.2) is 0 Å². The number of hydrogen-bond acceptors (Lipinski definition) is 9. The van der Waals surface area contributed by atoms with Gasteiger partial charge in [-0.1, -0.05) is 17.3 Å². The van der Waals surface area contributed by atoms with Crippen LogP contribution in [0, 0.1) is 0 Å². The van der Waals surface area contributed by atoms with Crippen molar-refractivity contribution < 1.29 is 41.8 Å². The number of halogens is 3. The average molecular weight is 443 g/mol. The summed E-state index contributed by atoms with van der Waals surface area (Å²) in [5.74, 6) is -0.434. The summed E-state index contributed by atoms with van der Waals surface area (Å²) in [7, 11) is 3.95. The predicted octanol–water partition coefficient (Wildman–Crippen LogP) is 3.77. The highest BCUT2D eigenvalue weighted by Gasteiger charge is 2.27. The lowest BCUT2D eigenvalue weighted by atomic mass is 10.0. The SMILES string of the molecule is COC(=O)c1c(Oc2nc(OC)cc(OC)n2)cccc1/C(C)=N/OCCC(F)(F)F. The van der Waals surface area contributed by atoms with Gasteiger partial charge in [-0.2, -0.15) is 23.1 Å². The van der Waals surface area contributed by atoms with Gasteiger partial charge in [0, 0.05) is 5.56 Å². The number of methoxy groups -OCH3 is 3. The molecular weight excluding hydrogens is 423 g/mol. The van der Waals surface area contributed by atoms with E-state index in [0.717, 1.165) is 0 Å². The second-order valence-corrected chi connectivity index (χ2v) is 5.88. The Morgan fingerprint density at radius 3 is 2.29 bits per heavy atom. The summed E-state index contributed by atoms with van der Waals surface area (Å²) in [6.07, 6.45) is -5.53. The summed E-state index contributed by atoms with van der Waals surface area (Å²) in [6, 6.07) is 5.78. The number of carbonyl (C=O) groups is 1. The van der Waals surface area contributed by atoms with Crippen molar-refractivity contribution >= 4 is 11.7 Å². The minimum absolute atomic E-state index is 0.0181. The summed E-state index contributed by atoms with van der Waals surface area (Å²) in [6.45, 7) is 0.798. The lowest BCUT2D eigenvalue weighted by Gasteiger charge is -2.13. The number of benzene rings is 1. The third-order valence-corrected chi connectivity index (χ3v) is 3.76. The molecule has 0 aliphatic rings. The molecule has 12 heteroatoms. The molecule has 0 amide bonds. The molecule has 9 nitrogen and oxygen atoms in total. The Morgan fingerprint density at radius 2 is 1.74 bits per heavy atom. The summed E-state index contributed by atoms with van der Waals surface area (Å²) in [4.78, 5) is 25.2. The van der Waals surface area contributed by atoms with Gasteiger partial charge in [0.05, 0.1) is 39.5 Å². The maximum atomic E-state index is 12.4. The standard InChI is InChI=1S/C19H20F3N3O6/c1-11(25-30-9-8-19(20,21)22)12-6-5-7-13(16(12)17(26)29-4)31-18-23-14(27-2)10-15(24-18)28-3/h5-7,10H,8-9H2,1-4H3/b25-11+. The number of hydrogen-bond donors (Lipinski definition) is 0. The maximum Gasteiger partial charge on any atom is 0.392 e. The van der Waals surface area contributed by atoms with Gasteiger partial charge in [-0.15, -0.1) is 0 Å². The summed E-state index contributed by atoms with van der Waals surface area (Å²) >= 11 is 0. The van der Waals surface area contributed by atoms with Gasteiger partial charge >= 0.3 is 18.2 Å². The van der Waals surface area contributed by atoms with Crippen LogP contribution < -0.4 is 14.2 Å². The molecule has 31 heavy (non-hydrogen) atoms. The molecule has 0 radical (unpaired) electrons. The molecule has 0 fully saturated rings. The minimum atomic E-state index is -4.37. The molecule has 2 aromatic rings. The van der Waals surface area contributed by atoms with E-state index in [1.807, 2.05) is 0 Å². The Kier molecular flexibility index (Phi) is 8.00. The van der Waals surface area contributed by atoms with E-state index in [4.69, 9.17) is 23.8 Å². The molecule has 2 rings (SSSR count). The van der Waals surface area contributed by atoms with Crippen molar-refractivity contribution in [2.24, 2.45) is 5.16 Å². The van der Waals surface area contributed by atoms with E-state index < -0.39 is 25.2 Å². The van der Waals surface area contributed by atoms with Crippen molar-refractivity contribution in [2.75, 3.05) is 27.9 Å². The third kappa shape index (κ3) is 6.73. The maximum absolute atomic E-state index is 12.4. The van der Waals surface area contributed by atoms with Crippen LogP contribution in [0.25, 0.3) is 0 Å². The van der Waals surface area contributed by atoms with Crippen molar-refractivity contribution in [3.8, 4) is 23.5 Å². The van der Waals surface area contributed by atoms with E-state index >= 15 is 0 Å². The lowest BCUT2D eigenvalue weighted by molar-refractivity contribution is -0.145. The van der Waals surface area contributed by atoms with Crippen LogP contribution in [0.15, 0.2) is 29.4 Å². The lowest BCUT2D eigenvalue weighted by Crippen LogP contribution is -2.13. The molecule has 0 saturated carbocycles. The Hall–Kier alpha value is -3.57. The Balaban J connectivity index is 2.38. The largest absolute Gasteiger partial charge is 0.481 e. The van der Waals surface area contributed by atoms with Crippen molar-refractivity contribution in [3.63, 3.8) is 0 Å². The molecule has 0 N–H and O–H groups in total. The van der Waals surface area contributed by atoms with E-state index in [1.54, 1.807) is 6.07 Å². The zero-order valence-electron chi connectivity index (χ0n) is 17.1. The zero-order valence-corrected chi connectivity index (χ0v) is 17.1. The molecule has 0 atom stereocenters. The number of ether oxygens (including phenoxy) is 4. The van der Waals surface area contributed by atoms with Gasteiger partial charge in [0.1, 0.15) is 17.9 Å². The molecule has 0 bridgehead atoms. The quantitative estimate of drug-likeness (QED) is 0.250. The predicted molar refractivity (Wildman–Crippen MR) is 102 cm³/mol. The molecular formula is C19H20F3N3O6. The average Bonchev–Trinajstić information content (AvgIpc) is 2.74. The van der Waals surface area contributed by atoms with Crippen LogP contribution in [-0.2, 0) is 9.57 Å². The number of aromatic nitrogens is 2. The van der Waals surface area contributed by atoms with Crippen LogP contribution in [-0.4, -0.2) is 55.8 Å². The monoisotopic (exact) mass is 443 g/mol. The first-order valence-corrected chi connectivity index (χ1v) is 8.78. The molecule has 1 heterocycles. The highest BCUT2D eigenvalue weighted by atomic mass is 19.4. The first kappa shape index (κ1) is 23.7. The van der Waals surface area contributed by atoms with Crippen molar-refractivity contribution in [2.45, 2.75) is 19.5 Å². The zero-order chi connectivity index (χ0) is 23.0. The number of carbonyl (C=O) groups excluding carboxylic acids is 1. The molecule has 0 saturated heterocycles. The second-order valence-electron chi connectivity index (χ2n) is 5.88. The van der Waals surface area contributed by atoms with Crippen molar-refractivity contribution in [1.82, 2.24) is 9.97 Å². The number of oxime groups is 1. The van der Waals surface area contributed by atoms with Crippen LogP contribution in [0.1, 0.15) is 29.3 Å². The molecule has 1 aromatic carbocycles. The van der Waals surface area contributed by atoms with Crippen LogP contribution in [0.5, 0.6) is 23.5 Å². The van der Waals surface area contributed by atoms with E-state index in [1.165, 1.54) is 46.5 Å². The van der Waals surface area contributed by atoms with Gasteiger partial charge in [-0.3, -0.25) is 0 Å². The summed E-state index contributed by atoms with van der Waals surface area (Å²) in [5, 5.41) is 3.66. The second kappa shape index (κ2) is 10.5. The van der Waals surface area contributed by atoms with Crippen LogP contribution in [0.2, 0.25) is 0 Å². The first-order chi connectivity index (χ1) is 14.7. The van der Waals surface area contributed by atoms with E-state index in [0.29, 0.717) is 0 Å². The van der Waals surface area contributed by atoms with Gasteiger partial charge in [0.25, 0.3) is 0 Å². The van der Waals surface area contributed by atoms with Crippen molar-refractivity contribution in [1.29, 1.82) is 0 Å². The number of rotatable bonds is 9. The van der Waals surface area contributed by atoms with Gasteiger partial charge in [-0.25, -0.2) is 4.79 Å². The van der Waals surface area contributed by atoms with Gasteiger partial charge in [-0.05, 0) is 13.0 Å². The van der Waals surface area contributed by atoms with E-state index in [9.17, 15) is 18.0 Å².